The summed E-state index contributed by atoms with van der Waals surface area (Å²) in [6, 6.07) is 3.34. The van der Waals surface area contributed by atoms with Gasteiger partial charge < -0.3 is 14.9 Å². The molecule has 0 saturated heterocycles. The number of pyridine rings is 1. The summed E-state index contributed by atoms with van der Waals surface area (Å²) in [4.78, 5) is 30.5. The third-order valence-electron chi connectivity index (χ3n) is 3.24. The molecule has 1 heterocycles. The number of likely N-dealkylation sites (N-methyl/N-ethyl adjacent to an activating group) is 1. The summed E-state index contributed by atoms with van der Waals surface area (Å²) < 4.78 is 0. The van der Waals surface area contributed by atoms with Crippen molar-refractivity contribution in [2.75, 3.05) is 13.6 Å². The lowest BCUT2D eigenvalue weighted by Crippen LogP contribution is -2.56. The van der Waals surface area contributed by atoms with Crippen LogP contribution in [0.15, 0.2) is 24.5 Å². The number of urea groups is 1. The minimum atomic E-state index is -1.24. The molecule has 1 rings (SSSR count). The van der Waals surface area contributed by atoms with E-state index in [1.54, 1.807) is 26.4 Å². The van der Waals surface area contributed by atoms with E-state index in [4.69, 9.17) is 0 Å². The van der Waals surface area contributed by atoms with Gasteiger partial charge in [-0.05, 0) is 38.5 Å². The second-order valence-corrected chi connectivity index (χ2v) is 5.10. The molecule has 0 spiro atoms. The highest BCUT2D eigenvalue weighted by molar-refractivity contribution is 5.85. The average molecular weight is 279 g/mol. The lowest BCUT2D eigenvalue weighted by Gasteiger charge is -2.37. The lowest BCUT2D eigenvalue weighted by atomic mass is 10.0. The Morgan fingerprint density at radius 2 is 1.85 bits per heavy atom. The summed E-state index contributed by atoms with van der Waals surface area (Å²) in [6.45, 7) is 5.56. The van der Waals surface area contributed by atoms with E-state index >= 15 is 0 Å². The van der Waals surface area contributed by atoms with Gasteiger partial charge in [0.2, 0.25) is 0 Å². The van der Waals surface area contributed by atoms with Gasteiger partial charge in [0.05, 0.1) is 0 Å². The molecule has 0 aliphatic carbocycles. The number of aromatic nitrogens is 1. The monoisotopic (exact) mass is 279 g/mol. The van der Waals surface area contributed by atoms with E-state index in [-0.39, 0.29) is 6.03 Å². The molecule has 1 aromatic heterocycles. The van der Waals surface area contributed by atoms with Crippen LogP contribution in [0.25, 0.3) is 0 Å². The highest BCUT2D eigenvalue weighted by Crippen LogP contribution is 2.17. The Kier molecular flexibility index (Phi) is 5.07. The van der Waals surface area contributed by atoms with Gasteiger partial charge in [0.1, 0.15) is 5.54 Å². The number of carbonyl (C=O) groups is 2. The zero-order valence-electron chi connectivity index (χ0n) is 12.3. The zero-order valence-corrected chi connectivity index (χ0v) is 12.3. The van der Waals surface area contributed by atoms with E-state index in [1.165, 1.54) is 23.6 Å². The molecule has 0 unspecified atom stereocenters. The Labute approximate surface area is 119 Å². The van der Waals surface area contributed by atoms with E-state index in [0.717, 1.165) is 5.56 Å². The first-order chi connectivity index (χ1) is 9.30. The minimum absolute atomic E-state index is 0.309. The van der Waals surface area contributed by atoms with Gasteiger partial charge >= 0.3 is 12.0 Å². The molecular formula is C14H21N3O3. The number of amides is 2. The Bertz CT molecular complexity index is 474. The van der Waals surface area contributed by atoms with Crippen molar-refractivity contribution in [2.24, 2.45) is 0 Å². The molecule has 1 N–H and O–H groups in total. The molecule has 0 aromatic carbocycles. The molecular weight excluding hydrogens is 258 g/mol. The Hall–Kier alpha value is -2.11. The number of carbonyl (C=O) groups excluding carboxylic acids is 1. The van der Waals surface area contributed by atoms with Crippen LogP contribution in [-0.4, -0.2) is 51.0 Å². The summed E-state index contributed by atoms with van der Waals surface area (Å²) in [5.41, 5.74) is -0.293. The third-order valence-corrected chi connectivity index (χ3v) is 3.24. The number of carboxylic acids is 1. The van der Waals surface area contributed by atoms with Crippen LogP contribution in [0.3, 0.4) is 0 Å². The van der Waals surface area contributed by atoms with Crippen molar-refractivity contribution in [3.8, 4) is 0 Å². The molecule has 110 valence electrons. The number of nitrogens with zero attached hydrogens (tertiary/aromatic N) is 3. The number of carboxylic acid groups (broad SMARTS) is 1. The predicted molar refractivity (Wildman–Crippen MR) is 75.2 cm³/mol. The average Bonchev–Trinajstić information content (AvgIpc) is 2.40. The molecule has 0 fully saturated rings. The first-order valence-corrected chi connectivity index (χ1v) is 6.45. The molecule has 1 aromatic rings. The molecule has 6 nitrogen and oxygen atoms in total. The van der Waals surface area contributed by atoms with Gasteiger partial charge in [0, 0.05) is 32.5 Å². The van der Waals surface area contributed by atoms with Gasteiger partial charge in [-0.1, -0.05) is 0 Å². The van der Waals surface area contributed by atoms with Crippen LogP contribution in [0, 0.1) is 0 Å². The second-order valence-electron chi connectivity index (χ2n) is 5.10. The van der Waals surface area contributed by atoms with Crippen LogP contribution in [0.2, 0.25) is 0 Å². The van der Waals surface area contributed by atoms with Gasteiger partial charge in [-0.15, -0.1) is 0 Å². The zero-order chi connectivity index (χ0) is 15.3. The number of rotatable bonds is 5. The highest BCUT2D eigenvalue weighted by atomic mass is 16.4. The number of aliphatic carboxylic acids is 1. The fourth-order valence-corrected chi connectivity index (χ4v) is 1.92. The van der Waals surface area contributed by atoms with E-state index < -0.39 is 11.5 Å². The smallest absolute Gasteiger partial charge is 0.329 e. The third kappa shape index (κ3) is 3.46. The maximum Gasteiger partial charge on any atom is 0.329 e. The molecule has 0 aliphatic rings. The van der Waals surface area contributed by atoms with Gasteiger partial charge in [0.15, 0.2) is 0 Å². The summed E-state index contributed by atoms with van der Waals surface area (Å²) in [5.74, 6) is -1.02. The maximum absolute atomic E-state index is 12.4. The topological polar surface area (TPSA) is 73.7 Å². The van der Waals surface area contributed by atoms with Gasteiger partial charge in [0.25, 0.3) is 0 Å². The van der Waals surface area contributed by atoms with Crippen LogP contribution < -0.4 is 0 Å². The SMILES string of the molecule is CCN(C(=O)N(C)Cc1ccncc1)C(C)(C)C(=O)O. The van der Waals surface area contributed by atoms with E-state index in [2.05, 4.69) is 4.98 Å². The van der Waals surface area contributed by atoms with Crippen LogP contribution in [-0.2, 0) is 11.3 Å². The van der Waals surface area contributed by atoms with Crippen molar-refractivity contribution in [3.63, 3.8) is 0 Å². The number of hydrogen-bond acceptors (Lipinski definition) is 3. The summed E-state index contributed by atoms with van der Waals surface area (Å²) in [6.07, 6.45) is 3.32. The van der Waals surface area contributed by atoms with Crippen molar-refractivity contribution in [1.82, 2.24) is 14.8 Å². The largest absolute Gasteiger partial charge is 0.480 e. The van der Waals surface area contributed by atoms with Gasteiger partial charge in [-0.2, -0.15) is 0 Å². The van der Waals surface area contributed by atoms with Crippen LogP contribution in [0.5, 0.6) is 0 Å². The van der Waals surface area contributed by atoms with Crippen LogP contribution in [0.1, 0.15) is 26.3 Å². The van der Waals surface area contributed by atoms with Crippen LogP contribution >= 0.6 is 0 Å². The van der Waals surface area contributed by atoms with Crippen molar-refractivity contribution in [3.05, 3.63) is 30.1 Å². The molecule has 0 saturated carbocycles. The molecule has 0 bridgehead atoms. The Morgan fingerprint density at radius 1 is 1.30 bits per heavy atom. The first-order valence-electron chi connectivity index (χ1n) is 6.45. The molecule has 6 heteroatoms. The van der Waals surface area contributed by atoms with Crippen LogP contribution in [0.4, 0.5) is 4.79 Å². The molecule has 20 heavy (non-hydrogen) atoms. The normalized spacial score (nSPS) is 11.0. The van der Waals surface area contributed by atoms with Gasteiger partial charge in [-0.25, -0.2) is 9.59 Å². The molecule has 0 atom stereocenters. The second kappa shape index (κ2) is 6.36. The van der Waals surface area contributed by atoms with Crippen molar-refractivity contribution >= 4 is 12.0 Å². The van der Waals surface area contributed by atoms with E-state index in [0.29, 0.717) is 13.1 Å². The summed E-state index contributed by atoms with van der Waals surface area (Å²) in [7, 11) is 1.66. The number of hydrogen-bond donors (Lipinski definition) is 1. The summed E-state index contributed by atoms with van der Waals surface area (Å²) in [5, 5.41) is 9.24. The van der Waals surface area contributed by atoms with E-state index in [1.807, 2.05) is 12.1 Å². The quantitative estimate of drug-likeness (QED) is 0.892. The first kappa shape index (κ1) is 15.9. The maximum atomic E-state index is 12.4. The molecule has 0 radical (unpaired) electrons. The standard InChI is InChI=1S/C14H21N3O3/c1-5-17(14(2,3)12(18)19)13(20)16(4)10-11-6-8-15-9-7-11/h6-9H,5,10H2,1-4H3,(H,18,19). The van der Waals surface area contributed by atoms with E-state index in [9.17, 15) is 14.7 Å². The predicted octanol–water partition coefficient (Wildman–Crippen LogP) is 1.82. The molecule has 0 aliphatic heterocycles. The lowest BCUT2D eigenvalue weighted by molar-refractivity contribution is -0.147. The Morgan fingerprint density at radius 3 is 2.30 bits per heavy atom. The van der Waals surface area contributed by atoms with Gasteiger partial charge in [-0.3, -0.25) is 4.98 Å². The van der Waals surface area contributed by atoms with Crippen molar-refractivity contribution in [1.29, 1.82) is 0 Å². The van der Waals surface area contributed by atoms with Crippen molar-refractivity contribution < 1.29 is 14.7 Å². The highest BCUT2D eigenvalue weighted by Gasteiger charge is 2.38. The Balaban J connectivity index is 2.84. The summed E-state index contributed by atoms with van der Waals surface area (Å²) >= 11 is 0. The fourth-order valence-electron chi connectivity index (χ4n) is 1.92. The minimum Gasteiger partial charge on any atom is -0.480 e. The fraction of sp³-hybridized carbons (Fsp3) is 0.500. The molecule has 2 amide bonds. The van der Waals surface area contributed by atoms with Crippen molar-refractivity contribution in [2.45, 2.75) is 32.9 Å².